The number of para-hydroxylation sites is 2. The van der Waals surface area contributed by atoms with Gasteiger partial charge in [-0.15, -0.1) is 0 Å². The molecule has 26 heavy (non-hydrogen) atoms. The van der Waals surface area contributed by atoms with Crippen LogP contribution >= 0.6 is 0 Å². The lowest BCUT2D eigenvalue weighted by molar-refractivity contribution is -0.250. The fourth-order valence-corrected chi connectivity index (χ4v) is 3.52. The third-order valence-electron chi connectivity index (χ3n) is 4.96. The molecule has 1 unspecified atom stereocenters. The molecule has 4 rings (SSSR count). The predicted molar refractivity (Wildman–Crippen MR) is 90.0 cm³/mol. The number of pyridine rings is 1. The Kier molecular flexibility index (Phi) is 3.43. The molecule has 8 heteroatoms. The highest BCUT2D eigenvalue weighted by atomic mass is 19.4. The van der Waals surface area contributed by atoms with Crippen LogP contribution in [-0.4, -0.2) is 39.4 Å². The minimum atomic E-state index is -4.69. The molecule has 1 fully saturated rings. The average Bonchev–Trinajstić information content (AvgIpc) is 3.15. The van der Waals surface area contributed by atoms with Gasteiger partial charge in [0, 0.05) is 13.0 Å². The van der Waals surface area contributed by atoms with E-state index < -0.39 is 24.7 Å². The van der Waals surface area contributed by atoms with E-state index in [0.717, 1.165) is 0 Å². The average molecular weight is 360 g/mol. The zero-order chi connectivity index (χ0) is 18.7. The van der Waals surface area contributed by atoms with E-state index in [2.05, 4.69) is 11.1 Å². The maximum absolute atomic E-state index is 13.2. The first-order valence-electron chi connectivity index (χ1n) is 8.10. The molecule has 0 spiro atoms. The van der Waals surface area contributed by atoms with Crippen LogP contribution in [-0.2, 0) is 0 Å². The van der Waals surface area contributed by atoms with Crippen molar-refractivity contribution in [3.05, 3.63) is 41.5 Å². The number of alkyl halides is 3. The summed E-state index contributed by atoms with van der Waals surface area (Å²) < 4.78 is 41.3. The van der Waals surface area contributed by atoms with E-state index in [9.17, 15) is 23.5 Å². The molecule has 0 saturated carbocycles. The molecule has 2 aromatic heterocycles. The molecule has 5 nitrogen and oxygen atoms in total. The van der Waals surface area contributed by atoms with E-state index in [0.29, 0.717) is 33.6 Å². The Hall–Kier alpha value is -2.79. The summed E-state index contributed by atoms with van der Waals surface area (Å²) in [4.78, 5) is 6.00. The van der Waals surface area contributed by atoms with Crippen LogP contribution < -0.4 is 4.90 Å². The van der Waals surface area contributed by atoms with Crippen molar-refractivity contribution in [2.24, 2.45) is 0 Å². The molecule has 0 aliphatic carbocycles. The van der Waals surface area contributed by atoms with Gasteiger partial charge in [0.15, 0.2) is 11.2 Å². The quantitative estimate of drug-likeness (QED) is 0.724. The summed E-state index contributed by atoms with van der Waals surface area (Å²) in [5, 5.41) is 19.5. The van der Waals surface area contributed by atoms with Crippen LogP contribution in [0, 0.1) is 18.3 Å². The van der Waals surface area contributed by atoms with Gasteiger partial charge in [0.25, 0.3) is 0 Å². The van der Waals surface area contributed by atoms with Crippen molar-refractivity contribution >= 4 is 22.5 Å². The Morgan fingerprint density at radius 1 is 1.31 bits per heavy atom. The van der Waals surface area contributed by atoms with E-state index in [-0.39, 0.29) is 6.54 Å². The van der Waals surface area contributed by atoms with Crippen molar-refractivity contribution < 1.29 is 18.3 Å². The summed E-state index contributed by atoms with van der Waals surface area (Å²) in [7, 11) is 0. The van der Waals surface area contributed by atoms with Crippen molar-refractivity contribution in [2.45, 2.75) is 25.1 Å². The molecule has 134 valence electrons. The molecule has 0 bridgehead atoms. The number of benzene rings is 1. The molecule has 3 heterocycles. The molecule has 1 aliphatic heterocycles. The number of nitrogens with zero attached hydrogens (tertiary/aromatic N) is 4. The maximum Gasteiger partial charge on any atom is 0.418 e. The van der Waals surface area contributed by atoms with Gasteiger partial charge in [-0.05, 0) is 30.7 Å². The zero-order valence-corrected chi connectivity index (χ0v) is 13.9. The number of β-amino-alcohol motifs (C(OH)–C–C–N with tert-alkyl or cyclic N) is 1. The topological polar surface area (TPSA) is 64.6 Å². The third-order valence-corrected chi connectivity index (χ3v) is 4.96. The number of nitriles is 1. The molecule has 1 atom stereocenters. The second-order valence-corrected chi connectivity index (χ2v) is 6.63. The minimum Gasteiger partial charge on any atom is -0.379 e. The Bertz CT molecular complexity index is 1070. The van der Waals surface area contributed by atoms with E-state index in [1.165, 1.54) is 4.90 Å². The lowest BCUT2D eigenvalue weighted by atomic mass is 10.0. The Morgan fingerprint density at radius 3 is 2.69 bits per heavy atom. The van der Waals surface area contributed by atoms with Crippen molar-refractivity contribution in [1.82, 2.24) is 9.38 Å². The van der Waals surface area contributed by atoms with Crippen LogP contribution in [0.15, 0.2) is 30.3 Å². The number of imidazole rings is 1. The second-order valence-electron chi connectivity index (χ2n) is 6.63. The van der Waals surface area contributed by atoms with Gasteiger partial charge in [0.05, 0.1) is 23.1 Å². The highest BCUT2D eigenvalue weighted by Crippen LogP contribution is 2.40. The normalized spacial score (nSPS) is 20.8. The summed E-state index contributed by atoms with van der Waals surface area (Å²) in [6.07, 6.45) is -5.09. The third kappa shape index (κ3) is 2.24. The molecule has 0 amide bonds. The van der Waals surface area contributed by atoms with Crippen molar-refractivity contribution in [2.75, 3.05) is 18.0 Å². The predicted octanol–water partition coefficient (Wildman–Crippen LogP) is 3.17. The van der Waals surface area contributed by atoms with E-state index >= 15 is 0 Å². The zero-order valence-electron chi connectivity index (χ0n) is 13.9. The van der Waals surface area contributed by atoms with Gasteiger partial charge in [-0.2, -0.15) is 18.4 Å². The van der Waals surface area contributed by atoms with Crippen molar-refractivity contribution in [3.8, 4) is 6.07 Å². The van der Waals surface area contributed by atoms with Crippen LogP contribution in [0.4, 0.5) is 19.0 Å². The van der Waals surface area contributed by atoms with Crippen molar-refractivity contribution in [1.29, 1.82) is 5.26 Å². The smallest absolute Gasteiger partial charge is 0.379 e. The second kappa shape index (κ2) is 5.35. The standard InChI is InChI=1S/C18H15F3N4O/c1-11-8-15(24-7-6-17(26,10-24)18(19,20)21)25-14-5-3-2-4-13(14)23-16(25)12(11)9-22/h2-5,8,26H,6-7,10H2,1H3. The number of halogens is 3. The van der Waals surface area contributed by atoms with Crippen LogP contribution in [0.3, 0.4) is 0 Å². The monoisotopic (exact) mass is 360 g/mol. The first-order chi connectivity index (χ1) is 12.2. The van der Waals surface area contributed by atoms with Crippen molar-refractivity contribution in [3.63, 3.8) is 0 Å². The molecular weight excluding hydrogens is 345 g/mol. The molecule has 1 aromatic carbocycles. The first kappa shape index (κ1) is 16.7. The summed E-state index contributed by atoms with van der Waals surface area (Å²) >= 11 is 0. The number of aryl methyl sites for hydroxylation is 1. The van der Waals surface area contributed by atoms with E-state index in [4.69, 9.17) is 0 Å². The van der Waals surface area contributed by atoms with Gasteiger partial charge in [-0.1, -0.05) is 12.1 Å². The number of fused-ring (bicyclic) bond motifs is 3. The Balaban J connectivity index is 1.96. The summed E-state index contributed by atoms with van der Waals surface area (Å²) in [5.41, 5.74) is 0.0454. The number of hydrogen-bond acceptors (Lipinski definition) is 4. The highest BCUT2D eigenvalue weighted by molar-refractivity contribution is 5.85. The van der Waals surface area contributed by atoms with Crippen LogP contribution in [0.1, 0.15) is 17.5 Å². The molecule has 1 saturated heterocycles. The Morgan fingerprint density at radius 2 is 2.04 bits per heavy atom. The summed E-state index contributed by atoms with van der Waals surface area (Å²) in [6.45, 7) is 1.24. The molecule has 0 radical (unpaired) electrons. The fraction of sp³-hybridized carbons (Fsp3) is 0.333. The maximum atomic E-state index is 13.2. The Labute approximate surface area is 146 Å². The minimum absolute atomic E-state index is 0.0585. The molecule has 3 aromatic rings. The molecule has 1 aliphatic rings. The summed E-state index contributed by atoms with van der Waals surface area (Å²) in [6, 6.07) is 11.0. The number of hydrogen-bond donors (Lipinski definition) is 1. The lowest BCUT2D eigenvalue weighted by Crippen LogP contribution is -2.47. The van der Waals surface area contributed by atoms with Crippen LogP contribution in [0.5, 0.6) is 0 Å². The number of anilines is 1. The van der Waals surface area contributed by atoms with Gasteiger partial charge in [-0.3, -0.25) is 4.40 Å². The van der Waals surface area contributed by atoms with Gasteiger partial charge in [0.1, 0.15) is 11.9 Å². The van der Waals surface area contributed by atoms with Gasteiger partial charge < -0.3 is 10.0 Å². The highest BCUT2D eigenvalue weighted by Gasteiger charge is 2.57. The van der Waals surface area contributed by atoms with Gasteiger partial charge in [-0.25, -0.2) is 4.98 Å². The van der Waals surface area contributed by atoms with Crippen LogP contribution in [0.25, 0.3) is 16.7 Å². The van der Waals surface area contributed by atoms with Gasteiger partial charge in [0.2, 0.25) is 0 Å². The van der Waals surface area contributed by atoms with Gasteiger partial charge >= 0.3 is 6.18 Å². The first-order valence-corrected chi connectivity index (χ1v) is 8.10. The lowest BCUT2D eigenvalue weighted by Gasteiger charge is -2.27. The molecular formula is C18H15F3N4O. The molecule has 1 N–H and O–H groups in total. The fourth-order valence-electron chi connectivity index (χ4n) is 3.52. The van der Waals surface area contributed by atoms with E-state index in [1.807, 2.05) is 12.1 Å². The SMILES string of the molecule is Cc1cc(N2CCC(O)(C(F)(F)F)C2)n2c(nc3ccccc32)c1C#N. The largest absolute Gasteiger partial charge is 0.418 e. The number of aromatic nitrogens is 2. The number of aliphatic hydroxyl groups is 1. The van der Waals surface area contributed by atoms with E-state index in [1.54, 1.807) is 29.5 Å². The summed E-state index contributed by atoms with van der Waals surface area (Å²) in [5.74, 6) is 0.491. The number of rotatable bonds is 1. The van der Waals surface area contributed by atoms with Crippen LogP contribution in [0.2, 0.25) is 0 Å².